The highest BCUT2D eigenvalue weighted by Crippen LogP contribution is 2.18. The lowest BCUT2D eigenvalue weighted by Gasteiger charge is -2.11. The number of amides is 1. The molecule has 0 bridgehead atoms. The summed E-state index contributed by atoms with van der Waals surface area (Å²) in [6.45, 7) is 2.34. The number of carbonyl (C=O) groups is 2. The van der Waals surface area contributed by atoms with Crippen LogP contribution in [0.1, 0.15) is 22.8 Å². The van der Waals surface area contributed by atoms with Crippen LogP contribution in [0.2, 0.25) is 0 Å². The van der Waals surface area contributed by atoms with Crippen LogP contribution in [0, 0.1) is 0 Å². The van der Waals surface area contributed by atoms with E-state index in [2.05, 4.69) is 21.2 Å². The lowest BCUT2D eigenvalue weighted by molar-refractivity contribution is -0.143. The summed E-state index contributed by atoms with van der Waals surface area (Å²) in [6, 6.07) is 14.2. The second-order valence-electron chi connectivity index (χ2n) is 4.89. The zero-order valence-electron chi connectivity index (χ0n) is 13.3. The summed E-state index contributed by atoms with van der Waals surface area (Å²) >= 11 is 3.30. The molecule has 1 amide bonds. The van der Waals surface area contributed by atoms with Crippen molar-refractivity contribution in [3.63, 3.8) is 0 Å². The fraction of sp³-hybridized carbons (Fsp3) is 0.222. The minimum atomic E-state index is -0.508. The predicted octanol–water partition coefficient (Wildman–Crippen LogP) is 3.32. The van der Waals surface area contributed by atoms with Crippen LogP contribution in [0.15, 0.2) is 53.0 Å². The molecule has 0 aliphatic heterocycles. The Morgan fingerprint density at radius 3 is 2.50 bits per heavy atom. The average Bonchev–Trinajstić information content (AvgIpc) is 2.60. The smallest absolute Gasteiger partial charge is 0.325 e. The van der Waals surface area contributed by atoms with E-state index in [1.54, 1.807) is 24.3 Å². The lowest BCUT2D eigenvalue weighted by atomic mass is 10.2. The Labute approximate surface area is 149 Å². The molecular weight excluding hydrogens is 374 g/mol. The average molecular weight is 392 g/mol. The fourth-order valence-corrected chi connectivity index (χ4v) is 2.25. The number of nitrogens with one attached hydrogen (secondary N) is 1. The zero-order chi connectivity index (χ0) is 17.4. The van der Waals surface area contributed by atoms with Crippen LogP contribution >= 0.6 is 15.9 Å². The van der Waals surface area contributed by atoms with Crippen molar-refractivity contribution in [1.29, 1.82) is 0 Å². The van der Waals surface area contributed by atoms with Gasteiger partial charge in [-0.3, -0.25) is 9.59 Å². The van der Waals surface area contributed by atoms with Crippen molar-refractivity contribution in [2.45, 2.75) is 13.5 Å². The van der Waals surface area contributed by atoms with Gasteiger partial charge >= 0.3 is 5.97 Å². The molecule has 0 fully saturated rings. The Hall–Kier alpha value is -2.34. The van der Waals surface area contributed by atoms with Gasteiger partial charge in [-0.25, -0.2) is 0 Å². The summed E-state index contributed by atoms with van der Waals surface area (Å²) < 4.78 is 11.5. The van der Waals surface area contributed by atoms with Crippen molar-refractivity contribution < 1.29 is 19.1 Å². The first-order valence-corrected chi connectivity index (χ1v) is 8.29. The van der Waals surface area contributed by atoms with Gasteiger partial charge in [0, 0.05) is 15.6 Å². The van der Waals surface area contributed by atoms with Gasteiger partial charge < -0.3 is 14.8 Å². The highest BCUT2D eigenvalue weighted by Gasteiger charge is 2.10. The molecule has 0 saturated carbocycles. The molecular formula is C18H18BrNO4. The van der Waals surface area contributed by atoms with E-state index < -0.39 is 5.97 Å². The van der Waals surface area contributed by atoms with E-state index in [9.17, 15) is 9.59 Å². The fourth-order valence-electron chi connectivity index (χ4n) is 1.98. The first-order valence-electron chi connectivity index (χ1n) is 7.50. The molecule has 5 nitrogen and oxygen atoms in total. The number of hydrogen-bond donors (Lipinski definition) is 1. The second-order valence-corrected chi connectivity index (χ2v) is 5.81. The van der Waals surface area contributed by atoms with Crippen molar-refractivity contribution in [1.82, 2.24) is 5.32 Å². The molecule has 0 atom stereocenters. The maximum absolute atomic E-state index is 11.9. The van der Waals surface area contributed by atoms with E-state index >= 15 is 0 Å². The standard InChI is InChI=1S/C18H18BrNO4/c1-2-23-16-6-4-3-5-14(16)12-24-17(21)11-20-18(22)13-7-9-15(19)10-8-13/h3-10H,2,11-12H2,1H3,(H,20,22). The van der Waals surface area contributed by atoms with Gasteiger partial charge in [0.25, 0.3) is 5.91 Å². The normalized spacial score (nSPS) is 10.1. The first kappa shape index (κ1) is 18.0. The molecule has 0 saturated heterocycles. The summed E-state index contributed by atoms with van der Waals surface area (Å²) in [5.41, 5.74) is 1.26. The largest absolute Gasteiger partial charge is 0.493 e. The highest BCUT2D eigenvalue weighted by atomic mass is 79.9. The highest BCUT2D eigenvalue weighted by molar-refractivity contribution is 9.10. The van der Waals surface area contributed by atoms with Gasteiger partial charge in [-0.1, -0.05) is 34.1 Å². The molecule has 0 spiro atoms. The molecule has 0 aliphatic rings. The number of halogens is 1. The van der Waals surface area contributed by atoms with E-state index in [1.807, 2.05) is 31.2 Å². The van der Waals surface area contributed by atoms with Crippen LogP contribution in [0.5, 0.6) is 5.75 Å². The van der Waals surface area contributed by atoms with Gasteiger partial charge in [0.15, 0.2) is 0 Å². The quantitative estimate of drug-likeness (QED) is 0.735. The Morgan fingerprint density at radius 2 is 1.79 bits per heavy atom. The Balaban J connectivity index is 1.81. The number of benzene rings is 2. The predicted molar refractivity (Wildman–Crippen MR) is 93.9 cm³/mol. The Morgan fingerprint density at radius 1 is 1.08 bits per heavy atom. The van der Waals surface area contributed by atoms with Crippen molar-refractivity contribution in [2.24, 2.45) is 0 Å². The van der Waals surface area contributed by atoms with E-state index in [-0.39, 0.29) is 19.1 Å². The molecule has 24 heavy (non-hydrogen) atoms. The maximum Gasteiger partial charge on any atom is 0.325 e. The Kier molecular flexibility index (Phi) is 6.81. The SMILES string of the molecule is CCOc1ccccc1COC(=O)CNC(=O)c1ccc(Br)cc1. The van der Waals surface area contributed by atoms with E-state index in [1.165, 1.54) is 0 Å². The van der Waals surface area contributed by atoms with Gasteiger partial charge in [-0.05, 0) is 37.3 Å². The molecule has 0 aromatic heterocycles. The summed E-state index contributed by atoms with van der Waals surface area (Å²) in [4.78, 5) is 23.7. The summed E-state index contributed by atoms with van der Waals surface area (Å²) in [5, 5.41) is 2.53. The third-order valence-corrected chi connectivity index (χ3v) is 3.69. The molecule has 0 heterocycles. The van der Waals surface area contributed by atoms with Gasteiger partial charge in [0.2, 0.25) is 0 Å². The molecule has 0 aliphatic carbocycles. The minimum absolute atomic E-state index is 0.100. The number of para-hydroxylation sites is 1. The number of ether oxygens (including phenoxy) is 2. The third-order valence-electron chi connectivity index (χ3n) is 3.16. The number of carbonyl (C=O) groups excluding carboxylic acids is 2. The van der Waals surface area contributed by atoms with Crippen molar-refractivity contribution in [2.75, 3.05) is 13.2 Å². The summed E-state index contributed by atoms with van der Waals surface area (Å²) in [5.74, 6) is -0.146. The topological polar surface area (TPSA) is 64.6 Å². The lowest BCUT2D eigenvalue weighted by Crippen LogP contribution is -2.30. The van der Waals surface area contributed by atoms with E-state index in [0.29, 0.717) is 17.9 Å². The maximum atomic E-state index is 11.9. The molecule has 126 valence electrons. The summed E-state index contributed by atoms with van der Waals surface area (Å²) in [7, 11) is 0. The van der Waals surface area contributed by atoms with Crippen LogP contribution in [0.25, 0.3) is 0 Å². The van der Waals surface area contributed by atoms with Crippen LogP contribution < -0.4 is 10.1 Å². The summed E-state index contributed by atoms with van der Waals surface area (Å²) in [6.07, 6.45) is 0. The molecule has 2 rings (SSSR count). The zero-order valence-corrected chi connectivity index (χ0v) is 14.8. The van der Waals surface area contributed by atoms with E-state index in [4.69, 9.17) is 9.47 Å². The van der Waals surface area contributed by atoms with E-state index in [0.717, 1.165) is 10.0 Å². The molecule has 0 unspecified atom stereocenters. The molecule has 1 N–H and O–H groups in total. The second kappa shape index (κ2) is 9.08. The van der Waals surface area contributed by atoms with Crippen molar-refractivity contribution in [3.8, 4) is 5.75 Å². The molecule has 0 radical (unpaired) electrons. The van der Waals surface area contributed by atoms with Crippen molar-refractivity contribution in [3.05, 3.63) is 64.1 Å². The van der Waals surface area contributed by atoms with Gasteiger partial charge in [-0.15, -0.1) is 0 Å². The van der Waals surface area contributed by atoms with Crippen molar-refractivity contribution >= 4 is 27.8 Å². The molecule has 2 aromatic rings. The molecule has 2 aromatic carbocycles. The number of rotatable bonds is 7. The molecule has 6 heteroatoms. The first-order chi connectivity index (χ1) is 11.6. The van der Waals surface area contributed by atoms with Crippen LogP contribution in [0.3, 0.4) is 0 Å². The van der Waals surface area contributed by atoms with Crippen LogP contribution in [-0.2, 0) is 16.1 Å². The van der Waals surface area contributed by atoms with Gasteiger partial charge in [-0.2, -0.15) is 0 Å². The number of esters is 1. The monoisotopic (exact) mass is 391 g/mol. The Bertz CT molecular complexity index is 700. The minimum Gasteiger partial charge on any atom is -0.493 e. The third kappa shape index (κ3) is 5.38. The van der Waals surface area contributed by atoms with Crippen LogP contribution in [0.4, 0.5) is 0 Å². The van der Waals surface area contributed by atoms with Gasteiger partial charge in [0.05, 0.1) is 6.61 Å². The van der Waals surface area contributed by atoms with Crippen LogP contribution in [-0.4, -0.2) is 25.0 Å². The van der Waals surface area contributed by atoms with Gasteiger partial charge in [0.1, 0.15) is 18.9 Å². The number of hydrogen-bond acceptors (Lipinski definition) is 4.